The van der Waals surface area contributed by atoms with E-state index in [1.54, 1.807) is 60.7 Å². The molecule has 0 saturated carbocycles. The van der Waals surface area contributed by atoms with Crippen molar-refractivity contribution in [2.24, 2.45) is 0 Å². The number of benzene rings is 2. The lowest BCUT2D eigenvalue weighted by Gasteiger charge is -2.19. The average molecular weight is 423 g/mol. The summed E-state index contributed by atoms with van der Waals surface area (Å²) < 4.78 is 30.2. The highest BCUT2D eigenvalue weighted by molar-refractivity contribution is 9.09. The Hall–Kier alpha value is -2.25. The molecule has 0 N–H and O–H groups in total. The maximum atomic E-state index is 14.4. The SMILES string of the molecule is O=C(OC[C@@H]1O[C@@H](Br)[C@@H](F)C1OC(=O)c1ccccc1)c1ccccc1. The molecule has 136 valence electrons. The summed E-state index contributed by atoms with van der Waals surface area (Å²) in [5, 5.41) is -0.948. The lowest BCUT2D eigenvalue weighted by Crippen LogP contribution is -2.37. The van der Waals surface area contributed by atoms with Crippen molar-refractivity contribution in [1.82, 2.24) is 0 Å². The molecule has 1 fully saturated rings. The summed E-state index contributed by atoms with van der Waals surface area (Å²) in [5.74, 6) is -1.22. The van der Waals surface area contributed by atoms with Gasteiger partial charge in [0.05, 0.1) is 11.1 Å². The second-order valence-electron chi connectivity index (χ2n) is 5.67. The standard InChI is InChI=1S/C19H16BrFO5/c20-17-15(21)16(26-19(23)13-9-5-2-6-10-13)14(25-17)11-24-18(22)12-7-3-1-4-8-12/h1-10,14-17H,11H2/t14-,15-,16?,17+/m0/s1. The van der Waals surface area contributed by atoms with Gasteiger partial charge in [-0.2, -0.15) is 0 Å². The number of alkyl halides is 2. The molecule has 1 aliphatic heterocycles. The Labute approximate surface area is 158 Å². The highest BCUT2D eigenvalue weighted by Gasteiger charge is 2.47. The molecular weight excluding hydrogens is 407 g/mol. The third-order valence-corrected chi connectivity index (χ3v) is 4.60. The average Bonchev–Trinajstić information content (AvgIpc) is 2.95. The summed E-state index contributed by atoms with van der Waals surface area (Å²) >= 11 is 3.05. The summed E-state index contributed by atoms with van der Waals surface area (Å²) in [6, 6.07) is 16.7. The van der Waals surface area contributed by atoms with Crippen LogP contribution in [0.15, 0.2) is 60.7 Å². The van der Waals surface area contributed by atoms with E-state index in [0.29, 0.717) is 11.1 Å². The highest BCUT2D eigenvalue weighted by Crippen LogP contribution is 2.31. The maximum Gasteiger partial charge on any atom is 0.338 e. The number of hydrogen-bond donors (Lipinski definition) is 0. The van der Waals surface area contributed by atoms with Crippen LogP contribution in [0, 0.1) is 0 Å². The summed E-state index contributed by atoms with van der Waals surface area (Å²) in [7, 11) is 0. The quantitative estimate of drug-likeness (QED) is 0.544. The van der Waals surface area contributed by atoms with Gasteiger partial charge in [0.1, 0.15) is 17.7 Å². The normalized spacial score (nSPS) is 24.8. The third-order valence-electron chi connectivity index (χ3n) is 3.88. The summed E-state index contributed by atoms with van der Waals surface area (Å²) in [4.78, 5) is 24.2. The molecule has 0 aliphatic carbocycles. The van der Waals surface area contributed by atoms with Crippen LogP contribution in [-0.4, -0.2) is 41.9 Å². The predicted octanol–water partition coefficient (Wildman–Crippen LogP) is 3.53. The van der Waals surface area contributed by atoms with Crippen LogP contribution in [0.2, 0.25) is 0 Å². The van der Waals surface area contributed by atoms with Crippen LogP contribution in [0.4, 0.5) is 4.39 Å². The van der Waals surface area contributed by atoms with E-state index >= 15 is 0 Å². The predicted molar refractivity (Wildman–Crippen MR) is 94.9 cm³/mol. The molecule has 0 aromatic heterocycles. The Morgan fingerprint density at radius 3 is 2.08 bits per heavy atom. The first-order valence-electron chi connectivity index (χ1n) is 7.98. The van der Waals surface area contributed by atoms with Crippen molar-refractivity contribution < 1.29 is 28.2 Å². The molecule has 2 aromatic rings. The minimum absolute atomic E-state index is 0.233. The van der Waals surface area contributed by atoms with Gasteiger partial charge in [-0.15, -0.1) is 0 Å². The van der Waals surface area contributed by atoms with Gasteiger partial charge >= 0.3 is 11.9 Å². The Balaban J connectivity index is 1.63. The maximum absolute atomic E-state index is 14.4. The Morgan fingerprint density at radius 1 is 0.962 bits per heavy atom. The van der Waals surface area contributed by atoms with Crippen LogP contribution in [0.3, 0.4) is 0 Å². The second kappa shape index (κ2) is 8.42. The minimum atomic E-state index is -1.58. The smallest absolute Gasteiger partial charge is 0.338 e. The van der Waals surface area contributed by atoms with Crippen molar-refractivity contribution in [3.8, 4) is 0 Å². The first kappa shape index (κ1) is 18.5. The van der Waals surface area contributed by atoms with Gasteiger partial charge in [-0.3, -0.25) is 0 Å². The molecule has 2 aromatic carbocycles. The Kier molecular flexibility index (Phi) is 6.00. The van der Waals surface area contributed by atoms with Gasteiger partial charge in [0, 0.05) is 0 Å². The third kappa shape index (κ3) is 4.28. The van der Waals surface area contributed by atoms with Gasteiger partial charge in [-0.1, -0.05) is 52.3 Å². The molecule has 0 spiro atoms. The van der Waals surface area contributed by atoms with Crippen molar-refractivity contribution in [3.63, 3.8) is 0 Å². The molecule has 1 saturated heterocycles. The number of rotatable bonds is 5. The highest BCUT2D eigenvalue weighted by atomic mass is 79.9. The lowest BCUT2D eigenvalue weighted by molar-refractivity contribution is -0.0342. The molecule has 26 heavy (non-hydrogen) atoms. The van der Waals surface area contributed by atoms with Crippen molar-refractivity contribution in [3.05, 3.63) is 71.8 Å². The monoisotopic (exact) mass is 422 g/mol. The molecule has 0 radical (unpaired) electrons. The van der Waals surface area contributed by atoms with Crippen molar-refractivity contribution in [2.45, 2.75) is 23.4 Å². The van der Waals surface area contributed by atoms with Gasteiger partial charge in [-0.05, 0) is 24.3 Å². The summed E-state index contributed by atoms with van der Waals surface area (Å²) in [6.45, 7) is -0.233. The van der Waals surface area contributed by atoms with Gasteiger partial charge in [0.15, 0.2) is 12.3 Å². The number of halogens is 2. The molecule has 1 unspecified atom stereocenters. The van der Waals surface area contributed by atoms with Crippen LogP contribution in [0.25, 0.3) is 0 Å². The fourth-order valence-electron chi connectivity index (χ4n) is 2.53. The summed E-state index contributed by atoms with van der Waals surface area (Å²) in [6.07, 6.45) is -3.67. The number of carbonyl (C=O) groups excluding carboxylic acids is 2. The van der Waals surface area contributed by atoms with Crippen LogP contribution in [-0.2, 0) is 14.2 Å². The van der Waals surface area contributed by atoms with Crippen LogP contribution < -0.4 is 0 Å². The molecule has 7 heteroatoms. The zero-order valence-corrected chi connectivity index (χ0v) is 15.2. The van der Waals surface area contributed by atoms with E-state index in [2.05, 4.69) is 15.9 Å². The van der Waals surface area contributed by atoms with Crippen LogP contribution in [0.5, 0.6) is 0 Å². The zero-order valence-electron chi connectivity index (χ0n) is 13.6. The molecular formula is C19H16BrFO5. The molecule has 4 atom stereocenters. The first-order valence-corrected chi connectivity index (χ1v) is 8.89. The first-order chi connectivity index (χ1) is 12.6. The summed E-state index contributed by atoms with van der Waals surface area (Å²) in [5.41, 5.74) is 0.674. The van der Waals surface area contributed by atoms with Gasteiger partial charge in [0.25, 0.3) is 0 Å². The Morgan fingerprint density at radius 2 is 1.50 bits per heavy atom. The molecule has 0 bridgehead atoms. The van der Waals surface area contributed by atoms with E-state index < -0.39 is 35.3 Å². The fraction of sp³-hybridized carbons (Fsp3) is 0.263. The fourth-order valence-corrected chi connectivity index (χ4v) is 3.11. The Bertz CT molecular complexity index is 755. The van der Waals surface area contributed by atoms with E-state index in [4.69, 9.17) is 14.2 Å². The minimum Gasteiger partial charge on any atom is -0.459 e. The zero-order chi connectivity index (χ0) is 18.5. The molecule has 3 rings (SSSR count). The van der Waals surface area contributed by atoms with Crippen molar-refractivity contribution in [2.75, 3.05) is 6.61 Å². The van der Waals surface area contributed by atoms with E-state index in [0.717, 1.165) is 0 Å². The molecule has 1 heterocycles. The van der Waals surface area contributed by atoms with Crippen molar-refractivity contribution in [1.29, 1.82) is 0 Å². The lowest BCUT2D eigenvalue weighted by atomic mass is 10.1. The van der Waals surface area contributed by atoms with Crippen LogP contribution in [0.1, 0.15) is 20.7 Å². The van der Waals surface area contributed by atoms with Crippen LogP contribution >= 0.6 is 15.9 Å². The van der Waals surface area contributed by atoms with Crippen molar-refractivity contribution >= 4 is 27.9 Å². The van der Waals surface area contributed by atoms with Gasteiger partial charge in [0.2, 0.25) is 0 Å². The largest absolute Gasteiger partial charge is 0.459 e. The number of carbonyl (C=O) groups is 2. The van der Waals surface area contributed by atoms with E-state index in [1.165, 1.54) is 0 Å². The van der Waals surface area contributed by atoms with E-state index in [1.807, 2.05) is 0 Å². The number of esters is 2. The second-order valence-corrected chi connectivity index (χ2v) is 6.57. The van der Waals surface area contributed by atoms with E-state index in [9.17, 15) is 14.0 Å². The molecule has 0 amide bonds. The number of hydrogen-bond acceptors (Lipinski definition) is 5. The van der Waals surface area contributed by atoms with Gasteiger partial charge in [-0.25, -0.2) is 14.0 Å². The van der Waals surface area contributed by atoms with E-state index in [-0.39, 0.29) is 6.61 Å². The molecule has 1 aliphatic rings. The van der Waals surface area contributed by atoms with Gasteiger partial charge < -0.3 is 14.2 Å². The topological polar surface area (TPSA) is 61.8 Å². The molecule has 5 nitrogen and oxygen atoms in total. The number of ether oxygens (including phenoxy) is 3.